The first kappa shape index (κ1) is 12.3. The number of pyridine rings is 1. The predicted molar refractivity (Wildman–Crippen MR) is 65.6 cm³/mol. The van der Waals surface area contributed by atoms with Gasteiger partial charge < -0.3 is 10.1 Å². The summed E-state index contributed by atoms with van der Waals surface area (Å²) in [6.45, 7) is 3.88. The Kier molecular flexibility index (Phi) is 6.20. The summed E-state index contributed by atoms with van der Waals surface area (Å²) in [5.41, 5.74) is 0. The van der Waals surface area contributed by atoms with Crippen LogP contribution in [0.25, 0.3) is 0 Å². The fraction of sp³-hybridized carbons (Fsp3) is 0.545. The Balaban J connectivity index is 2.42. The summed E-state index contributed by atoms with van der Waals surface area (Å²) in [6, 6.07) is 6.05. The lowest BCUT2D eigenvalue weighted by Crippen LogP contribution is -2.02. The quantitative estimate of drug-likeness (QED) is 0.572. The topological polar surface area (TPSA) is 34.1 Å². The van der Waals surface area contributed by atoms with Gasteiger partial charge in [-0.25, -0.2) is 4.98 Å². The van der Waals surface area contributed by atoms with E-state index in [9.17, 15) is 0 Å². The fourth-order valence-corrected chi connectivity index (χ4v) is 1.87. The molecule has 0 radical (unpaired) electrons. The van der Waals surface area contributed by atoms with Crippen LogP contribution in [0.3, 0.4) is 0 Å². The van der Waals surface area contributed by atoms with E-state index in [0.29, 0.717) is 0 Å². The molecule has 15 heavy (non-hydrogen) atoms. The summed E-state index contributed by atoms with van der Waals surface area (Å²) < 4.78 is 4.99. The molecule has 0 saturated heterocycles. The number of rotatable bonds is 7. The molecule has 0 aliphatic heterocycles. The van der Waals surface area contributed by atoms with Crippen LogP contribution in [-0.4, -0.2) is 31.0 Å². The predicted octanol–water partition coefficient (Wildman–Crippen LogP) is 2.64. The van der Waals surface area contributed by atoms with Crippen LogP contribution in [0.5, 0.6) is 0 Å². The van der Waals surface area contributed by atoms with Gasteiger partial charge in [-0.05, 0) is 18.6 Å². The van der Waals surface area contributed by atoms with E-state index in [1.54, 1.807) is 18.9 Å². The van der Waals surface area contributed by atoms with Crippen molar-refractivity contribution in [2.45, 2.75) is 18.4 Å². The van der Waals surface area contributed by atoms with Crippen molar-refractivity contribution < 1.29 is 4.74 Å². The lowest BCUT2D eigenvalue weighted by molar-refractivity contribution is 0.218. The average Bonchev–Trinajstić information content (AvgIpc) is 2.27. The largest absolute Gasteiger partial charge is 0.384 e. The van der Waals surface area contributed by atoms with Crippen LogP contribution < -0.4 is 5.32 Å². The molecule has 0 aromatic carbocycles. The first-order chi connectivity index (χ1) is 7.36. The highest BCUT2D eigenvalue weighted by Gasteiger charge is 1.97. The monoisotopic (exact) mass is 226 g/mol. The molecule has 0 amide bonds. The number of ether oxygens (including phenoxy) is 1. The molecule has 0 saturated carbocycles. The highest BCUT2D eigenvalue weighted by atomic mass is 32.2. The Morgan fingerprint density at radius 2 is 2.33 bits per heavy atom. The Labute approximate surface area is 95.6 Å². The SMILES string of the molecule is CCCNc1cccc(SCCOC)n1. The van der Waals surface area contributed by atoms with E-state index in [-0.39, 0.29) is 0 Å². The van der Waals surface area contributed by atoms with Crippen LogP contribution in [0.15, 0.2) is 23.2 Å². The molecule has 3 nitrogen and oxygen atoms in total. The highest BCUT2D eigenvalue weighted by molar-refractivity contribution is 7.99. The molecule has 1 rings (SSSR count). The maximum absolute atomic E-state index is 4.99. The molecule has 0 bridgehead atoms. The third kappa shape index (κ3) is 5.04. The molecule has 0 atom stereocenters. The van der Waals surface area contributed by atoms with Crippen molar-refractivity contribution in [1.82, 2.24) is 4.98 Å². The molecule has 0 aliphatic carbocycles. The molecule has 1 aromatic rings. The minimum Gasteiger partial charge on any atom is -0.384 e. The normalized spacial score (nSPS) is 10.3. The number of aromatic nitrogens is 1. The van der Waals surface area contributed by atoms with Crippen LogP contribution in [0.2, 0.25) is 0 Å². The van der Waals surface area contributed by atoms with E-state index in [2.05, 4.69) is 17.2 Å². The van der Waals surface area contributed by atoms with Crippen molar-refractivity contribution in [2.75, 3.05) is 31.3 Å². The van der Waals surface area contributed by atoms with Gasteiger partial charge >= 0.3 is 0 Å². The molecule has 1 aromatic heterocycles. The Hall–Kier alpha value is -0.740. The summed E-state index contributed by atoms with van der Waals surface area (Å²) in [5, 5.41) is 4.32. The molecule has 1 heterocycles. The van der Waals surface area contributed by atoms with Gasteiger partial charge in [0.25, 0.3) is 0 Å². The third-order valence-corrected chi connectivity index (χ3v) is 2.71. The van der Waals surface area contributed by atoms with Crippen molar-refractivity contribution in [3.63, 3.8) is 0 Å². The van der Waals surface area contributed by atoms with E-state index in [1.165, 1.54) is 0 Å². The average molecular weight is 226 g/mol. The molecule has 0 aliphatic rings. The lowest BCUT2D eigenvalue weighted by atomic mass is 10.4. The third-order valence-electron chi connectivity index (χ3n) is 1.82. The van der Waals surface area contributed by atoms with E-state index >= 15 is 0 Å². The van der Waals surface area contributed by atoms with Gasteiger partial charge in [0.05, 0.1) is 11.6 Å². The van der Waals surface area contributed by atoms with Gasteiger partial charge in [0, 0.05) is 19.4 Å². The number of nitrogens with zero attached hydrogens (tertiary/aromatic N) is 1. The number of hydrogen-bond acceptors (Lipinski definition) is 4. The Morgan fingerprint density at radius 1 is 1.47 bits per heavy atom. The van der Waals surface area contributed by atoms with Crippen molar-refractivity contribution in [2.24, 2.45) is 0 Å². The van der Waals surface area contributed by atoms with Crippen molar-refractivity contribution >= 4 is 17.6 Å². The van der Waals surface area contributed by atoms with Gasteiger partial charge in [0.1, 0.15) is 5.82 Å². The van der Waals surface area contributed by atoms with E-state index in [1.807, 2.05) is 18.2 Å². The van der Waals surface area contributed by atoms with Gasteiger partial charge in [0.2, 0.25) is 0 Å². The van der Waals surface area contributed by atoms with Gasteiger partial charge in [-0.3, -0.25) is 0 Å². The fourth-order valence-electron chi connectivity index (χ4n) is 1.08. The maximum Gasteiger partial charge on any atom is 0.127 e. The van der Waals surface area contributed by atoms with Crippen LogP contribution in [-0.2, 0) is 4.74 Å². The van der Waals surface area contributed by atoms with Crippen LogP contribution in [0.1, 0.15) is 13.3 Å². The summed E-state index contributed by atoms with van der Waals surface area (Å²) >= 11 is 1.72. The summed E-state index contributed by atoms with van der Waals surface area (Å²) in [5.74, 6) is 1.90. The van der Waals surface area contributed by atoms with Crippen LogP contribution >= 0.6 is 11.8 Å². The molecule has 0 spiro atoms. The maximum atomic E-state index is 4.99. The van der Waals surface area contributed by atoms with Crippen LogP contribution in [0, 0.1) is 0 Å². The minimum absolute atomic E-state index is 0.763. The van der Waals surface area contributed by atoms with Crippen molar-refractivity contribution in [3.05, 3.63) is 18.2 Å². The second-order valence-electron chi connectivity index (χ2n) is 3.13. The van der Waals surface area contributed by atoms with E-state index in [4.69, 9.17) is 4.74 Å². The van der Waals surface area contributed by atoms with Gasteiger partial charge in [-0.2, -0.15) is 0 Å². The van der Waals surface area contributed by atoms with E-state index < -0.39 is 0 Å². The summed E-state index contributed by atoms with van der Waals surface area (Å²) in [7, 11) is 1.72. The van der Waals surface area contributed by atoms with Crippen LogP contribution in [0.4, 0.5) is 5.82 Å². The highest BCUT2D eigenvalue weighted by Crippen LogP contribution is 2.16. The number of methoxy groups -OCH3 is 1. The number of thioether (sulfide) groups is 1. The molecule has 1 N–H and O–H groups in total. The number of nitrogens with one attached hydrogen (secondary N) is 1. The van der Waals surface area contributed by atoms with Gasteiger partial charge in [-0.15, -0.1) is 11.8 Å². The molecule has 84 valence electrons. The lowest BCUT2D eigenvalue weighted by Gasteiger charge is -2.05. The van der Waals surface area contributed by atoms with E-state index in [0.717, 1.165) is 36.2 Å². The zero-order valence-corrected chi connectivity index (χ0v) is 10.1. The standard InChI is InChI=1S/C11H18N2OS/c1-3-7-12-10-5-4-6-11(13-10)15-9-8-14-2/h4-6H,3,7-9H2,1-2H3,(H,12,13). The Bertz CT molecular complexity index is 281. The van der Waals surface area contributed by atoms with Gasteiger partial charge in [-0.1, -0.05) is 13.0 Å². The first-order valence-electron chi connectivity index (χ1n) is 5.19. The smallest absolute Gasteiger partial charge is 0.127 e. The molecule has 0 fully saturated rings. The summed E-state index contributed by atoms with van der Waals surface area (Å²) in [6.07, 6.45) is 1.11. The second-order valence-corrected chi connectivity index (χ2v) is 4.24. The zero-order chi connectivity index (χ0) is 10.9. The molecular formula is C11H18N2OS. The number of anilines is 1. The Morgan fingerprint density at radius 3 is 3.07 bits per heavy atom. The van der Waals surface area contributed by atoms with Crippen molar-refractivity contribution in [3.8, 4) is 0 Å². The van der Waals surface area contributed by atoms with Crippen molar-refractivity contribution in [1.29, 1.82) is 0 Å². The molecule has 0 unspecified atom stereocenters. The number of hydrogen-bond donors (Lipinski definition) is 1. The first-order valence-corrected chi connectivity index (χ1v) is 6.18. The minimum atomic E-state index is 0.763. The van der Waals surface area contributed by atoms with Gasteiger partial charge in [0.15, 0.2) is 0 Å². The zero-order valence-electron chi connectivity index (χ0n) is 9.32. The molecular weight excluding hydrogens is 208 g/mol. The molecule has 4 heteroatoms. The second kappa shape index (κ2) is 7.54. The summed E-state index contributed by atoms with van der Waals surface area (Å²) in [4.78, 5) is 4.48.